The smallest absolute Gasteiger partial charge is 0.323 e. The lowest BCUT2D eigenvalue weighted by Gasteiger charge is -2.18. The normalized spacial score (nSPS) is 10.5. The van der Waals surface area contributed by atoms with E-state index in [1.165, 1.54) is 13.2 Å². The zero-order valence-electron chi connectivity index (χ0n) is 13.0. The Balaban J connectivity index is 2.17. The molecule has 1 N–H and O–H groups in total. The van der Waals surface area contributed by atoms with Crippen molar-refractivity contribution in [2.75, 3.05) is 26.8 Å². The van der Waals surface area contributed by atoms with Crippen LogP contribution in [-0.2, 0) is 9.53 Å². The van der Waals surface area contributed by atoms with Gasteiger partial charge in [0.1, 0.15) is 12.2 Å². The third-order valence-corrected chi connectivity index (χ3v) is 3.25. The summed E-state index contributed by atoms with van der Waals surface area (Å²) in [4.78, 5) is 24.4. The van der Waals surface area contributed by atoms with Gasteiger partial charge in [-0.25, -0.2) is 0 Å². The maximum absolute atomic E-state index is 12.4. The van der Waals surface area contributed by atoms with Crippen LogP contribution in [0, 0.1) is 6.92 Å². The van der Waals surface area contributed by atoms with Crippen molar-refractivity contribution in [1.29, 1.82) is 0 Å². The van der Waals surface area contributed by atoms with Crippen LogP contribution in [-0.4, -0.2) is 53.8 Å². The number of methoxy groups -OCH3 is 1. The standard InChI is InChI=1S/C16H18N2O5/c1-11-3-5-12(6-4-11)13-9-14(23-17-13)16(21)18(7-8-22-2)10-15(19)20/h3-6,9H,7-8,10H2,1-2H3,(H,19,20). The lowest BCUT2D eigenvalue weighted by molar-refractivity contribution is -0.137. The van der Waals surface area contributed by atoms with Crippen LogP contribution in [0.3, 0.4) is 0 Å². The van der Waals surface area contributed by atoms with E-state index in [0.717, 1.165) is 16.0 Å². The second kappa shape index (κ2) is 7.55. The summed E-state index contributed by atoms with van der Waals surface area (Å²) in [5.41, 5.74) is 2.45. The SMILES string of the molecule is COCCN(CC(=O)O)C(=O)c1cc(-c2ccc(C)cc2)no1. The summed E-state index contributed by atoms with van der Waals surface area (Å²) in [5, 5.41) is 12.8. The Kier molecular flexibility index (Phi) is 5.48. The fourth-order valence-corrected chi connectivity index (χ4v) is 2.01. The first-order valence-corrected chi connectivity index (χ1v) is 7.05. The molecule has 0 bridgehead atoms. The molecule has 0 aliphatic rings. The average Bonchev–Trinajstić information content (AvgIpc) is 3.01. The molecular weight excluding hydrogens is 300 g/mol. The molecule has 0 unspecified atom stereocenters. The second-order valence-corrected chi connectivity index (χ2v) is 5.06. The monoisotopic (exact) mass is 318 g/mol. The number of carboxylic acid groups (broad SMARTS) is 1. The lowest BCUT2D eigenvalue weighted by atomic mass is 10.1. The molecule has 0 aliphatic carbocycles. The Hall–Kier alpha value is -2.67. The van der Waals surface area contributed by atoms with Crippen molar-refractivity contribution in [1.82, 2.24) is 10.1 Å². The predicted octanol–water partition coefficient (Wildman–Crippen LogP) is 1.82. The molecule has 0 atom stereocenters. The van der Waals surface area contributed by atoms with E-state index >= 15 is 0 Å². The number of aromatic nitrogens is 1. The highest BCUT2D eigenvalue weighted by Gasteiger charge is 2.22. The van der Waals surface area contributed by atoms with E-state index in [0.29, 0.717) is 5.69 Å². The van der Waals surface area contributed by atoms with E-state index in [1.54, 1.807) is 0 Å². The zero-order valence-corrected chi connectivity index (χ0v) is 13.0. The number of amides is 1. The molecule has 7 heteroatoms. The van der Waals surface area contributed by atoms with E-state index in [9.17, 15) is 9.59 Å². The van der Waals surface area contributed by atoms with E-state index in [2.05, 4.69) is 5.16 Å². The van der Waals surface area contributed by atoms with Gasteiger partial charge in [-0.3, -0.25) is 9.59 Å². The molecule has 1 aromatic carbocycles. The number of hydrogen-bond acceptors (Lipinski definition) is 5. The van der Waals surface area contributed by atoms with Gasteiger partial charge in [0.25, 0.3) is 5.91 Å². The van der Waals surface area contributed by atoms with Gasteiger partial charge < -0.3 is 19.3 Å². The van der Waals surface area contributed by atoms with Gasteiger partial charge in [0.05, 0.1) is 6.61 Å². The Morgan fingerprint density at radius 2 is 2.00 bits per heavy atom. The van der Waals surface area contributed by atoms with Gasteiger partial charge in [-0.1, -0.05) is 35.0 Å². The maximum atomic E-state index is 12.4. The molecule has 0 aliphatic heterocycles. The van der Waals surface area contributed by atoms with Crippen LogP contribution < -0.4 is 0 Å². The molecule has 0 saturated heterocycles. The molecule has 2 rings (SSSR count). The first-order chi connectivity index (χ1) is 11.0. The molecule has 0 radical (unpaired) electrons. The summed E-state index contributed by atoms with van der Waals surface area (Å²) in [6, 6.07) is 9.12. The second-order valence-electron chi connectivity index (χ2n) is 5.06. The van der Waals surface area contributed by atoms with Gasteiger partial charge in [-0.05, 0) is 6.92 Å². The number of carboxylic acids is 1. The maximum Gasteiger partial charge on any atom is 0.323 e. The summed E-state index contributed by atoms with van der Waals surface area (Å²) in [6.07, 6.45) is 0. The Morgan fingerprint density at radius 3 is 2.61 bits per heavy atom. The van der Waals surface area contributed by atoms with Crippen LogP contribution in [0.25, 0.3) is 11.3 Å². The number of carbonyl (C=O) groups excluding carboxylic acids is 1. The minimum absolute atomic E-state index is 0.00192. The van der Waals surface area contributed by atoms with E-state index in [1.807, 2.05) is 31.2 Å². The summed E-state index contributed by atoms with van der Waals surface area (Å²) >= 11 is 0. The number of benzene rings is 1. The summed E-state index contributed by atoms with van der Waals surface area (Å²) in [5.74, 6) is -1.64. The van der Waals surface area contributed by atoms with E-state index in [-0.39, 0.29) is 18.9 Å². The van der Waals surface area contributed by atoms with Crippen molar-refractivity contribution >= 4 is 11.9 Å². The molecular formula is C16H18N2O5. The first kappa shape index (κ1) is 16.7. The quantitative estimate of drug-likeness (QED) is 0.837. The van der Waals surface area contributed by atoms with Crippen molar-refractivity contribution in [3.8, 4) is 11.3 Å². The van der Waals surface area contributed by atoms with Crippen molar-refractivity contribution in [3.63, 3.8) is 0 Å². The number of aliphatic carboxylic acids is 1. The Morgan fingerprint density at radius 1 is 1.30 bits per heavy atom. The molecule has 0 spiro atoms. The van der Waals surface area contributed by atoms with Gasteiger partial charge in [-0.15, -0.1) is 0 Å². The third-order valence-electron chi connectivity index (χ3n) is 3.25. The molecule has 1 heterocycles. The molecule has 2 aromatic rings. The molecule has 7 nitrogen and oxygen atoms in total. The van der Waals surface area contributed by atoms with Gasteiger partial charge >= 0.3 is 5.97 Å². The predicted molar refractivity (Wildman–Crippen MR) is 82.1 cm³/mol. The summed E-state index contributed by atoms with van der Waals surface area (Å²) < 4.78 is 9.97. The minimum Gasteiger partial charge on any atom is -0.480 e. The number of rotatable bonds is 7. The average molecular weight is 318 g/mol. The summed E-state index contributed by atoms with van der Waals surface area (Å²) in [6.45, 7) is 1.93. The zero-order chi connectivity index (χ0) is 16.8. The van der Waals surface area contributed by atoms with Crippen LogP contribution in [0.5, 0.6) is 0 Å². The third kappa shape index (κ3) is 4.40. The number of hydrogen-bond donors (Lipinski definition) is 1. The Bertz CT molecular complexity index is 678. The largest absolute Gasteiger partial charge is 0.480 e. The molecule has 122 valence electrons. The fraction of sp³-hybridized carbons (Fsp3) is 0.312. The van der Waals surface area contributed by atoms with Gasteiger partial charge in [-0.2, -0.15) is 0 Å². The Labute approximate surface area is 133 Å². The molecule has 0 fully saturated rings. The topological polar surface area (TPSA) is 92.9 Å². The van der Waals surface area contributed by atoms with Gasteiger partial charge in [0.15, 0.2) is 0 Å². The number of nitrogens with zero attached hydrogens (tertiary/aromatic N) is 2. The van der Waals surface area contributed by atoms with Crippen LogP contribution in [0.2, 0.25) is 0 Å². The van der Waals surface area contributed by atoms with E-state index in [4.69, 9.17) is 14.4 Å². The van der Waals surface area contributed by atoms with Crippen molar-refractivity contribution < 1.29 is 24.0 Å². The minimum atomic E-state index is -1.10. The highest BCUT2D eigenvalue weighted by atomic mass is 16.5. The molecule has 0 saturated carbocycles. The highest BCUT2D eigenvalue weighted by Crippen LogP contribution is 2.20. The molecule has 1 aromatic heterocycles. The van der Waals surface area contributed by atoms with Crippen LogP contribution in [0.4, 0.5) is 0 Å². The van der Waals surface area contributed by atoms with Crippen LogP contribution in [0.1, 0.15) is 16.1 Å². The number of carbonyl (C=O) groups is 2. The van der Waals surface area contributed by atoms with Crippen LogP contribution >= 0.6 is 0 Å². The van der Waals surface area contributed by atoms with Crippen molar-refractivity contribution in [3.05, 3.63) is 41.7 Å². The number of ether oxygens (including phenoxy) is 1. The lowest BCUT2D eigenvalue weighted by Crippen LogP contribution is -2.37. The fourth-order valence-electron chi connectivity index (χ4n) is 2.01. The molecule has 1 amide bonds. The van der Waals surface area contributed by atoms with Gasteiger partial charge in [0.2, 0.25) is 5.76 Å². The molecule has 23 heavy (non-hydrogen) atoms. The van der Waals surface area contributed by atoms with Crippen molar-refractivity contribution in [2.24, 2.45) is 0 Å². The summed E-state index contributed by atoms with van der Waals surface area (Å²) in [7, 11) is 1.48. The van der Waals surface area contributed by atoms with Crippen molar-refractivity contribution in [2.45, 2.75) is 6.92 Å². The van der Waals surface area contributed by atoms with E-state index < -0.39 is 18.4 Å². The van der Waals surface area contributed by atoms with Crippen LogP contribution in [0.15, 0.2) is 34.9 Å². The first-order valence-electron chi connectivity index (χ1n) is 7.05. The highest BCUT2D eigenvalue weighted by molar-refractivity contribution is 5.94. The number of aryl methyl sites for hydroxylation is 1. The van der Waals surface area contributed by atoms with Gasteiger partial charge in [0, 0.05) is 25.3 Å².